The zero-order valence-electron chi connectivity index (χ0n) is 15.2. The molecule has 1 aliphatic rings. The van der Waals surface area contributed by atoms with Crippen LogP contribution in [-0.2, 0) is 6.61 Å². The van der Waals surface area contributed by atoms with E-state index in [9.17, 15) is 4.79 Å². The van der Waals surface area contributed by atoms with Crippen LogP contribution in [0.3, 0.4) is 0 Å². The minimum Gasteiger partial charge on any atom is -0.487 e. The molecule has 1 N–H and O–H groups in total. The van der Waals surface area contributed by atoms with Crippen LogP contribution in [0.2, 0.25) is 0 Å². The van der Waals surface area contributed by atoms with Gasteiger partial charge in [0.15, 0.2) is 0 Å². The summed E-state index contributed by atoms with van der Waals surface area (Å²) >= 11 is 1.53. The molecular formula is C20H20N4O3S. The molecular weight excluding hydrogens is 376 g/mol. The molecule has 1 atom stereocenters. The number of hydrogen-bond donors (Lipinski definition) is 1. The van der Waals surface area contributed by atoms with Gasteiger partial charge in [0.05, 0.1) is 23.9 Å². The van der Waals surface area contributed by atoms with Gasteiger partial charge in [-0.3, -0.25) is 4.98 Å². The standard InChI is InChI=1S/C20H20N4O3S/c25-20(24-8-6-19(11-24)27-18-5-2-7-21-10-18)23-15-3-1-4-17(9-15)26-12-16-13-28-14-22-16/h1-5,7,9-10,13-14,19H,6,8,11-12H2,(H,23,25). The molecule has 0 radical (unpaired) electrons. The monoisotopic (exact) mass is 396 g/mol. The summed E-state index contributed by atoms with van der Waals surface area (Å²) in [5, 5.41) is 4.87. The summed E-state index contributed by atoms with van der Waals surface area (Å²) in [6, 6.07) is 10.9. The molecule has 1 saturated heterocycles. The van der Waals surface area contributed by atoms with Crippen LogP contribution in [0, 0.1) is 0 Å². The summed E-state index contributed by atoms with van der Waals surface area (Å²) in [5.41, 5.74) is 3.35. The summed E-state index contributed by atoms with van der Waals surface area (Å²) < 4.78 is 11.6. The van der Waals surface area contributed by atoms with Crippen LogP contribution in [0.4, 0.5) is 10.5 Å². The third kappa shape index (κ3) is 4.77. The van der Waals surface area contributed by atoms with Crippen molar-refractivity contribution in [1.29, 1.82) is 0 Å². The second kappa shape index (κ2) is 8.71. The Morgan fingerprint density at radius 3 is 3.04 bits per heavy atom. The lowest BCUT2D eigenvalue weighted by Gasteiger charge is -2.18. The normalized spacial score (nSPS) is 16.0. The molecule has 1 fully saturated rings. The second-order valence-corrected chi connectivity index (χ2v) is 7.11. The Labute approximate surface area is 167 Å². The molecule has 28 heavy (non-hydrogen) atoms. The average Bonchev–Trinajstić information content (AvgIpc) is 3.40. The lowest BCUT2D eigenvalue weighted by Crippen LogP contribution is -2.34. The van der Waals surface area contributed by atoms with Gasteiger partial charge in [-0.05, 0) is 24.3 Å². The number of pyridine rings is 1. The van der Waals surface area contributed by atoms with E-state index in [0.717, 1.165) is 17.9 Å². The molecule has 7 nitrogen and oxygen atoms in total. The molecule has 1 aliphatic heterocycles. The number of rotatable bonds is 6. The van der Waals surface area contributed by atoms with Crippen molar-refractivity contribution in [1.82, 2.24) is 14.9 Å². The summed E-state index contributed by atoms with van der Waals surface area (Å²) in [4.78, 5) is 22.6. The molecule has 0 aliphatic carbocycles. The molecule has 1 aromatic carbocycles. The molecule has 3 aromatic rings. The van der Waals surface area contributed by atoms with Crippen LogP contribution in [0.15, 0.2) is 59.7 Å². The van der Waals surface area contributed by atoms with Crippen LogP contribution in [0.5, 0.6) is 11.5 Å². The van der Waals surface area contributed by atoms with Crippen molar-refractivity contribution in [3.05, 3.63) is 65.4 Å². The zero-order valence-corrected chi connectivity index (χ0v) is 16.0. The van der Waals surface area contributed by atoms with Crippen LogP contribution < -0.4 is 14.8 Å². The van der Waals surface area contributed by atoms with E-state index < -0.39 is 0 Å². The van der Waals surface area contributed by atoms with Gasteiger partial charge in [0.25, 0.3) is 0 Å². The second-order valence-electron chi connectivity index (χ2n) is 6.39. The lowest BCUT2D eigenvalue weighted by atomic mass is 10.3. The minimum atomic E-state index is -0.145. The predicted molar refractivity (Wildman–Crippen MR) is 107 cm³/mol. The minimum absolute atomic E-state index is 0.0253. The van der Waals surface area contributed by atoms with Crippen molar-refractivity contribution in [3.63, 3.8) is 0 Å². The Morgan fingerprint density at radius 2 is 2.21 bits per heavy atom. The Balaban J connectivity index is 1.29. The van der Waals surface area contributed by atoms with Crippen LogP contribution in [0.25, 0.3) is 0 Å². The molecule has 1 unspecified atom stereocenters. The van der Waals surface area contributed by atoms with Gasteiger partial charge in [-0.2, -0.15) is 0 Å². The fourth-order valence-electron chi connectivity index (χ4n) is 2.95. The highest BCUT2D eigenvalue weighted by Crippen LogP contribution is 2.21. The first-order valence-corrected chi connectivity index (χ1v) is 9.93. The van der Waals surface area contributed by atoms with E-state index in [2.05, 4.69) is 15.3 Å². The molecule has 144 valence electrons. The van der Waals surface area contributed by atoms with E-state index in [4.69, 9.17) is 9.47 Å². The number of anilines is 1. The van der Waals surface area contributed by atoms with Gasteiger partial charge in [-0.25, -0.2) is 9.78 Å². The van der Waals surface area contributed by atoms with Gasteiger partial charge in [0, 0.05) is 36.3 Å². The lowest BCUT2D eigenvalue weighted by molar-refractivity contribution is 0.194. The number of urea groups is 1. The van der Waals surface area contributed by atoms with E-state index in [1.54, 1.807) is 22.8 Å². The van der Waals surface area contributed by atoms with Gasteiger partial charge in [0.1, 0.15) is 24.2 Å². The van der Waals surface area contributed by atoms with Crippen molar-refractivity contribution >= 4 is 23.1 Å². The number of thiazole rings is 1. The summed E-state index contributed by atoms with van der Waals surface area (Å²) in [6.07, 6.45) is 4.15. The average molecular weight is 396 g/mol. The Bertz CT molecular complexity index is 905. The third-order valence-electron chi connectivity index (χ3n) is 4.32. The van der Waals surface area contributed by atoms with Gasteiger partial charge in [-0.15, -0.1) is 11.3 Å². The van der Waals surface area contributed by atoms with Gasteiger partial charge >= 0.3 is 6.03 Å². The number of nitrogens with zero attached hydrogens (tertiary/aromatic N) is 3. The summed E-state index contributed by atoms with van der Waals surface area (Å²) in [7, 11) is 0. The smallest absolute Gasteiger partial charge is 0.321 e. The molecule has 0 bridgehead atoms. The Hall–Kier alpha value is -3.13. The highest BCUT2D eigenvalue weighted by Gasteiger charge is 2.27. The first-order valence-electron chi connectivity index (χ1n) is 8.99. The maximum Gasteiger partial charge on any atom is 0.321 e. The van der Waals surface area contributed by atoms with Crippen LogP contribution in [0.1, 0.15) is 12.1 Å². The number of aromatic nitrogens is 2. The number of amides is 2. The van der Waals surface area contributed by atoms with Crippen LogP contribution in [-0.4, -0.2) is 40.1 Å². The van der Waals surface area contributed by atoms with Gasteiger partial charge in [0.2, 0.25) is 0 Å². The summed E-state index contributed by atoms with van der Waals surface area (Å²) in [6.45, 7) is 1.60. The van der Waals surface area contributed by atoms with E-state index >= 15 is 0 Å². The maximum absolute atomic E-state index is 12.6. The number of benzene rings is 1. The summed E-state index contributed by atoms with van der Waals surface area (Å²) in [5.74, 6) is 1.41. The van der Waals surface area contributed by atoms with Crippen molar-refractivity contribution < 1.29 is 14.3 Å². The molecule has 4 rings (SSSR count). The van der Waals surface area contributed by atoms with E-state index in [1.807, 2.05) is 41.8 Å². The molecule has 8 heteroatoms. The Morgan fingerprint density at radius 1 is 1.29 bits per heavy atom. The van der Waals surface area contributed by atoms with Gasteiger partial charge < -0.3 is 19.7 Å². The number of hydrogen-bond acceptors (Lipinski definition) is 6. The molecule has 0 saturated carbocycles. The van der Waals surface area contributed by atoms with E-state index in [0.29, 0.717) is 31.1 Å². The number of nitrogens with one attached hydrogen (secondary N) is 1. The SMILES string of the molecule is O=C(Nc1cccc(OCc2cscn2)c1)N1CCC(Oc2cccnc2)C1. The first kappa shape index (κ1) is 18.2. The fourth-order valence-corrected chi connectivity index (χ4v) is 3.49. The van der Waals surface area contributed by atoms with E-state index in [-0.39, 0.29) is 12.1 Å². The van der Waals surface area contributed by atoms with Crippen molar-refractivity contribution in [2.75, 3.05) is 18.4 Å². The first-order chi connectivity index (χ1) is 13.8. The highest BCUT2D eigenvalue weighted by atomic mass is 32.1. The predicted octanol–water partition coefficient (Wildman–Crippen LogP) is 3.80. The highest BCUT2D eigenvalue weighted by molar-refractivity contribution is 7.07. The van der Waals surface area contributed by atoms with Crippen molar-refractivity contribution in [2.45, 2.75) is 19.1 Å². The Kier molecular flexibility index (Phi) is 5.67. The molecule has 2 aromatic heterocycles. The van der Waals surface area contributed by atoms with Crippen LogP contribution >= 0.6 is 11.3 Å². The molecule has 0 spiro atoms. The largest absolute Gasteiger partial charge is 0.487 e. The topological polar surface area (TPSA) is 76.6 Å². The number of carbonyl (C=O) groups excluding carboxylic acids is 1. The zero-order chi connectivity index (χ0) is 19.2. The fraction of sp³-hybridized carbons (Fsp3) is 0.250. The number of likely N-dealkylation sites (tertiary alicyclic amines) is 1. The molecule has 2 amide bonds. The van der Waals surface area contributed by atoms with Crippen molar-refractivity contribution in [2.24, 2.45) is 0 Å². The van der Waals surface area contributed by atoms with Gasteiger partial charge in [-0.1, -0.05) is 6.07 Å². The number of ether oxygens (including phenoxy) is 2. The maximum atomic E-state index is 12.6. The van der Waals surface area contributed by atoms with E-state index in [1.165, 1.54) is 11.3 Å². The number of carbonyl (C=O) groups is 1. The third-order valence-corrected chi connectivity index (χ3v) is 4.96. The quantitative estimate of drug-likeness (QED) is 0.686. The van der Waals surface area contributed by atoms with Crippen molar-refractivity contribution in [3.8, 4) is 11.5 Å². The molecule has 3 heterocycles.